The topological polar surface area (TPSA) is 48.7 Å². The molecule has 1 N–H and O–H groups in total. The minimum absolute atomic E-state index is 0. The zero-order chi connectivity index (χ0) is 17.5. The molecule has 1 aromatic rings. The molecule has 1 saturated heterocycles. The van der Waals surface area contributed by atoms with Crippen LogP contribution in [-0.4, -0.2) is 71.1 Å². The van der Waals surface area contributed by atoms with Crippen molar-refractivity contribution in [1.82, 2.24) is 24.7 Å². The molecule has 1 fully saturated rings. The molecule has 144 valence electrons. The molecule has 0 amide bonds. The fourth-order valence-electron chi connectivity index (χ4n) is 3.64. The number of rotatable bonds is 6. The lowest BCUT2D eigenvalue weighted by molar-refractivity contribution is 0.186. The number of nitrogens with zero attached hydrogens (tertiary/aromatic N) is 5. The highest BCUT2D eigenvalue weighted by Crippen LogP contribution is 2.27. The van der Waals surface area contributed by atoms with Crippen LogP contribution in [0.3, 0.4) is 0 Å². The van der Waals surface area contributed by atoms with Gasteiger partial charge in [0.15, 0.2) is 5.96 Å². The average Bonchev–Trinajstić information content (AvgIpc) is 3.12. The first-order valence-corrected chi connectivity index (χ1v) is 9.27. The van der Waals surface area contributed by atoms with E-state index in [2.05, 4.69) is 63.6 Å². The van der Waals surface area contributed by atoms with Gasteiger partial charge in [0.05, 0.1) is 12.4 Å². The van der Waals surface area contributed by atoms with Crippen molar-refractivity contribution in [2.45, 2.75) is 46.2 Å². The van der Waals surface area contributed by atoms with Crippen molar-refractivity contribution < 1.29 is 0 Å². The molecule has 2 heterocycles. The van der Waals surface area contributed by atoms with E-state index in [9.17, 15) is 0 Å². The third kappa shape index (κ3) is 5.84. The molecular weight excluding hydrogens is 427 g/mol. The molecule has 3 atom stereocenters. The van der Waals surface area contributed by atoms with Crippen LogP contribution in [0.5, 0.6) is 0 Å². The summed E-state index contributed by atoms with van der Waals surface area (Å²) in [5, 5.41) is 3.58. The number of likely N-dealkylation sites (N-methyl/N-ethyl adjacent to an activating group) is 1. The predicted molar refractivity (Wildman–Crippen MR) is 116 cm³/mol. The smallest absolute Gasteiger partial charge is 0.193 e. The lowest BCUT2D eigenvalue weighted by atomic mass is 9.93. The fraction of sp³-hybridized carbons (Fsp3) is 0.778. The Bertz CT molecular complexity index is 500. The van der Waals surface area contributed by atoms with E-state index < -0.39 is 0 Å². The van der Waals surface area contributed by atoms with Crippen LogP contribution in [0.1, 0.15) is 40.2 Å². The molecule has 1 aromatic heterocycles. The van der Waals surface area contributed by atoms with Gasteiger partial charge in [0.2, 0.25) is 0 Å². The van der Waals surface area contributed by atoms with Gasteiger partial charge in [-0.05, 0) is 32.4 Å². The van der Waals surface area contributed by atoms with Gasteiger partial charge in [-0.25, -0.2) is 4.98 Å². The van der Waals surface area contributed by atoms with Crippen LogP contribution in [0.2, 0.25) is 0 Å². The number of guanidine groups is 1. The third-order valence-corrected chi connectivity index (χ3v) is 5.33. The summed E-state index contributed by atoms with van der Waals surface area (Å²) in [7, 11) is 1.88. The number of hydrogen-bond acceptors (Lipinski definition) is 3. The fourth-order valence-corrected chi connectivity index (χ4v) is 3.64. The molecule has 0 bridgehead atoms. The first kappa shape index (κ1) is 22.2. The highest BCUT2D eigenvalue weighted by Gasteiger charge is 2.29. The van der Waals surface area contributed by atoms with E-state index in [1.165, 1.54) is 6.42 Å². The summed E-state index contributed by atoms with van der Waals surface area (Å²) in [6.45, 7) is 14.2. The van der Waals surface area contributed by atoms with Crippen LogP contribution < -0.4 is 5.32 Å². The van der Waals surface area contributed by atoms with Crippen molar-refractivity contribution >= 4 is 29.9 Å². The van der Waals surface area contributed by atoms with Crippen molar-refractivity contribution in [1.29, 1.82) is 0 Å². The van der Waals surface area contributed by atoms with Gasteiger partial charge in [0, 0.05) is 45.1 Å². The Morgan fingerprint density at radius 1 is 1.40 bits per heavy atom. The SMILES string of the molecule is CCN(CC)C(C)CNC(=NC)N1CCC(C)C(n2ccnc2)C1.I. The minimum atomic E-state index is 0. The molecule has 0 radical (unpaired) electrons. The zero-order valence-corrected chi connectivity index (χ0v) is 18.7. The second-order valence-corrected chi connectivity index (χ2v) is 6.79. The molecule has 6 nitrogen and oxygen atoms in total. The minimum Gasteiger partial charge on any atom is -0.355 e. The van der Waals surface area contributed by atoms with Crippen LogP contribution in [-0.2, 0) is 0 Å². The first-order valence-electron chi connectivity index (χ1n) is 9.27. The predicted octanol–water partition coefficient (Wildman–Crippen LogP) is 2.69. The number of piperidine rings is 1. The van der Waals surface area contributed by atoms with Crippen LogP contribution in [0, 0.1) is 5.92 Å². The molecule has 1 aliphatic rings. The van der Waals surface area contributed by atoms with Gasteiger partial charge < -0.3 is 14.8 Å². The molecule has 2 rings (SSSR count). The van der Waals surface area contributed by atoms with Gasteiger partial charge in [-0.2, -0.15) is 0 Å². The second-order valence-electron chi connectivity index (χ2n) is 6.79. The van der Waals surface area contributed by atoms with Gasteiger partial charge in [0.25, 0.3) is 0 Å². The molecule has 1 aliphatic heterocycles. The number of hydrogen-bond donors (Lipinski definition) is 1. The van der Waals surface area contributed by atoms with E-state index in [0.717, 1.165) is 38.7 Å². The second kappa shape index (κ2) is 11.0. The molecule has 0 saturated carbocycles. The van der Waals surface area contributed by atoms with Crippen LogP contribution in [0.15, 0.2) is 23.7 Å². The Hall–Kier alpha value is -0.830. The van der Waals surface area contributed by atoms with Crippen LogP contribution in [0.25, 0.3) is 0 Å². The molecule has 0 aromatic carbocycles. The summed E-state index contributed by atoms with van der Waals surface area (Å²) in [6, 6.07) is 0.963. The molecule has 3 unspecified atom stereocenters. The Morgan fingerprint density at radius 3 is 2.68 bits per heavy atom. The average molecular weight is 462 g/mol. The lowest BCUT2D eigenvalue weighted by Crippen LogP contribution is -2.51. The monoisotopic (exact) mass is 462 g/mol. The largest absolute Gasteiger partial charge is 0.355 e. The number of halogens is 1. The van der Waals surface area contributed by atoms with Gasteiger partial charge in [-0.1, -0.05) is 20.8 Å². The van der Waals surface area contributed by atoms with Crippen LogP contribution in [0.4, 0.5) is 0 Å². The van der Waals surface area contributed by atoms with Crippen molar-refractivity contribution in [3.8, 4) is 0 Å². The number of imidazole rings is 1. The van der Waals surface area contributed by atoms with Gasteiger partial charge in [-0.15, -0.1) is 24.0 Å². The zero-order valence-electron chi connectivity index (χ0n) is 16.4. The molecule has 0 spiro atoms. The number of nitrogens with one attached hydrogen (secondary N) is 1. The number of aromatic nitrogens is 2. The van der Waals surface area contributed by atoms with Gasteiger partial charge in [-0.3, -0.25) is 9.89 Å². The standard InChI is InChI=1S/C18H34N6.HI/c1-6-22(7-2)16(4)12-21-18(19-5)23-10-8-15(3)17(13-23)24-11-9-20-14-24;/h9,11,14-17H,6-8,10,12-13H2,1-5H3,(H,19,21);1H. The quantitative estimate of drug-likeness (QED) is 0.401. The van der Waals surface area contributed by atoms with Crippen LogP contribution >= 0.6 is 24.0 Å². The summed E-state index contributed by atoms with van der Waals surface area (Å²) >= 11 is 0. The van der Waals surface area contributed by atoms with E-state index in [-0.39, 0.29) is 24.0 Å². The van der Waals surface area contributed by atoms with E-state index in [1.807, 2.05) is 19.6 Å². The van der Waals surface area contributed by atoms with Crippen molar-refractivity contribution in [3.05, 3.63) is 18.7 Å². The van der Waals surface area contributed by atoms with Gasteiger partial charge in [0.1, 0.15) is 0 Å². The Morgan fingerprint density at radius 2 is 2.12 bits per heavy atom. The van der Waals surface area contributed by atoms with Crippen molar-refractivity contribution in [3.63, 3.8) is 0 Å². The highest BCUT2D eigenvalue weighted by molar-refractivity contribution is 14.0. The summed E-state index contributed by atoms with van der Waals surface area (Å²) in [5.74, 6) is 1.68. The summed E-state index contributed by atoms with van der Waals surface area (Å²) < 4.78 is 2.24. The normalized spacial score (nSPS) is 22.6. The summed E-state index contributed by atoms with van der Waals surface area (Å²) in [4.78, 5) is 13.6. The highest BCUT2D eigenvalue weighted by atomic mass is 127. The summed E-state index contributed by atoms with van der Waals surface area (Å²) in [6.07, 6.45) is 7.05. The molecule has 7 heteroatoms. The molecular formula is C18H35IN6. The Kier molecular flexibility index (Phi) is 9.78. The Balaban J connectivity index is 0.00000312. The van der Waals surface area contributed by atoms with Crippen molar-refractivity contribution in [2.24, 2.45) is 10.9 Å². The third-order valence-electron chi connectivity index (χ3n) is 5.33. The summed E-state index contributed by atoms with van der Waals surface area (Å²) in [5.41, 5.74) is 0. The number of aliphatic imine (C=N–C) groups is 1. The maximum Gasteiger partial charge on any atom is 0.193 e. The maximum atomic E-state index is 4.52. The van der Waals surface area contributed by atoms with Gasteiger partial charge >= 0.3 is 0 Å². The number of likely N-dealkylation sites (tertiary alicyclic amines) is 1. The maximum absolute atomic E-state index is 4.52. The van der Waals surface area contributed by atoms with E-state index in [1.54, 1.807) is 0 Å². The Labute approximate surface area is 170 Å². The van der Waals surface area contributed by atoms with E-state index >= 15 is 0 Å². The molecule has 25 heavy (non-hydrogen) atoms. The first-order chi connectivity index (χ1) is 11.6. The van der Waals surface area contributed by atoms with Crippen molar-refractivity contribution in [2.75, 3.05) is 39.8 Å². The van der Waals surface area contributed by atoms with E-state index in [0.29, 0.717) is 18.0 Å². The van der Waals surface area contributed by atoms with E-state index in [4.69, 9.17) is 0 Å². The molecule has 0 aliphatic carbocycles. The lowest BCUT2D eigenvalue weighted by Gasteiger charge is -2.39.